The molecular formula is C23H21N3O2. The fourth-order valence-electron chi connectivity index (χ4n) is 3.46. The van der Waals surface area contributed by atoms with Gasteiger partial charge in [0, 0.05) is 11.4 Å². The maximum Gasteiger partial charge on any atom is 0.323 e. The smallest absolute Gasteiger partial charge is 0.323 e. The van der Waals surface area contributed by atoms with Crippen molar-refractivity contribution >= 4 is 28.4 Å². The van der Waals surface area contributed by atoms with Gasteiger partial charge >= 0.3 is 6.03 Å². The molecule has 0 unspecified atom stereocenters. The van der Waals surface area contributed by atoms with Crippen LogP contribution < -0.4 is 10.6 Å². The molecular weight excluding hydrogens is 350 g/mol. The van der Waals surface area contributed by atoms with Gasteiger partial charge in [0.05, 0.1) is 11.1 Å². The first-order valence-electron chi connectivity index (χ1n) is 9.11. The number of rotatable bonds is 3. The van der Waals surface area contributed by atoms with Crippen LogP contribution in [-0.2, 0) is 0 Å². The van der Waals surface area contributed by atoms with Crippen LogP contribution in [0.5, 0.6) is 0 Å². The highest BCUT2D eigenvalue weighted by molar-refractivity contribution is 6.00. The fraction of sp³-hybridized carbons (Fsp3) is 0.130. The van der Waals surface area contributed by atoms with Crippen LogP contribution in [0.2, 0.25) is 0 Å². The lowest BCUT2D eigenvalue weighted by molar-refractivity contribution is 0.262. The number of fused-ring (bicyclic) bond motifs is 1. The summed E-state index contributed by atoms with van der Waals surface area (Å²) >= 11 is 0. The van der Waals surface area contributed by atoms with E-state index in [0.717, 1.165) is 50.3 Å². The Morgan fingerprint density at radius 2 is 1.54 bits per heavy atom. The summed E-state index contributed by atoms with van der Waals surface area (Å²) in [7, 11) is 0. The van der Waals surface area contributed by atoms with Gasteiger partial charge in [-0.2, -0.15) is 0 Å². The Morgan fingerprint density at radius 3 is 2.25 bits per heavy atom. The Hall–Kier alpha value is -3.60. The second kappa shape index (κ2) is 7.19. The molecule has 0 fully saturated rings. The van der Waals surface area contributed by atoms with Crippen molar-refractivity contribution in [2.75, 3.05) is 10.6 Å². The number of hydrogen-bond donors (Lipinski definition) is 2. The van der Waals surface area contributed by atoms with Crippen LogP contribution in [0.1, 0.15) is 16.8 Å². The van der Waals surface area contributed by atoms with Crippen LogP contribution >= 0.6 is 0 Å². The third-order valence-electron chi connectivity index (χ3n) is 4.60. The quantitative estimate of drug-likeness (QED) is 0.460. The number of carbonyl (C=O) groups excluding carboxylic acids is 1. The first kappa shape index (κ1) is 17.8. The molecule has 0 atom stereocenters. The lowest BCUT2D eigenvalue weighted by Gasteiger charge is -2.10. The maximum atomic E-state index is 12.3. The van der Waals surface area contributed by atoms with Gasteiger partial charge in [-0.05, 0) is 73.4 Å². The van der Waals surface area contributed by atoms with E-state index < -0.39 is 0 Å². The molecule has 28 heavy (non-hydrogen) atoms. The van der Waals surface area contributed by atoms with E-state index in [4.69, 9.17) is 4.52 Å². The molecule has 3 aromatic carbocycles. The highest BCUT2D eigenvalue weighted by Gasteiger charge is 2.11. The molecule has 0 saturated carbocycles. The zero-order chi connectivity index (χ0) is 19.7. The van der Waals surface area contributed by atoms with E-state index in [2.05, 4.69) is 21.9 Å². The highest BCUT2D eigenvalue weighted by Crippen LogP contribution is 2.31. The number of amides is 2. The topological polar surface area (TPSA) is 67.2 Å². The summed E-state index contributed by atoms with van der Waals surface area (Å²) < 4.78 is 5.35. The number of aryl methyl sites for hydroxylation is 3. The maximum absolute atomic E-state index is 12.3. The fourth-order valence-corrected chi connectivity index (χ4v) is 3.46. The largest absolute Gasteiger partial charge is 0.356 e. The number of aromatic nitrogens is 1. The van der Waals surface area contributed by atoms with E-state index in [1.54, 1.807) is 0 Å². The average molecular weight is 371 g/mol. The molecule has 2 amide bonds. The van der Waals surface area contributed by atoms with E-state index in [0.29, 0.717) is 0 Å². The zero-order valence-corrected chi connectivity index (χ0v) is 16.0. The summed E-state index contributed by atoms with van der Waals surface area (Å²) in [6.07, 6.45) is 0. The van der Waals surface area contributed by atoms with Crippen molar-refractivity contribution in [3.63, 3.8) is 0 Å². The number of anilines is 2. The molecule has 0 spiro atoms. The molecule has 0 aliphatic rings. The predicted molar refractivity (Wildman–Crippen MR) is 113 cm³/mol. The molecule has 5 heteroatoms. The van der Waals surface area contributed by atoms with E-state index in [9.17, 15) is 4.79 Å². The number of benzene rings is 3. The van der Waals surface area contributed by atoms with Gasteiger partial charge in [-0.1, -0.05) is 35.5 Å². The van der Waals surface area contributed by atoms with Crippen LogP contribution in [-0.4, -0.2) is 11.2 Å². The second-order valence-corrected chi connectivity index (χ2v) is 6.98. The van der Waals surface area contributed by atoms with Gasteiger partial charge in [-0.15, -0.1) is 0 Å². The van der Waals surface area contributed by atoms with Crippen molar-refractivity contribution in [2.45, 2.75) is 20.8 Å². The summed E-state index contributed by atoms with van der Waals surface area (Å²) in [6.45, 7) is 5.95. The number of urea groups is 1. The first-order chi connectivity index (χ1) is 13.5. The lowest BCUT2D eigenvalue weighted by atomic mass is 10.0. The minimum absolute atomic E-state index is 0.269. The van der Waals surface area contributed by atoms with Gasteiger partial charge in [0.15, 0.2) is 5.58 Å². The summed E-state index contributed by atoms with van der Waals surface area (Å²) in [4.78, 5) is 12.3. The van der Waals surface area contributed by atoms with E-state index in [1.807, 2.05) is 75.4 Å². The molecule has 0 aliphatic carbocycles. The van der Waals surface area contributed by atoms with Crippen LogP contribution in [0.25, 0.3) is 22.1 Å². The molecule has 0 saturated heterocycles. The molecule has 2 N–H and O–H groups in total. The third-order valence-corrected chi connectivity index (χ3v) is 4.60. The molecule has 0 aliphatic heterocycles. The number of hydrogen-bond acceptors (Lipinski definition) is 3. The number of nitrogens with one attached hydrogen (secondary N) is 2. The SMILES string of the molecule is Cc1cc(C)cc(NC(=O)Nc2ccc(-c3cccc4onc(C)c34)cc2)c1. The van der Waals surface area contributed by atoms with E-state index in [1.165, 1.54) is 0 Å². The second-order valence-electron chi connectivity index (χ2n) is 6.98. The third kappa shape index (κ3) is 3.60. The van der Waals surface area contributed by atoms with Crippen molar-refractivity contribution < 1.29 is 9.32 Å². The Labute approximate surface area is 163 Å². The van der Waals surface area contributed by atoms with Gasteiger partial charge in [-0.3, -0.25) is 0 Å². The Kier molecular flexibility index (Phi) is 4.57. The molecule has 0 radical (unpaired) electrons. The van der Waals surface area contributed by atoms with Gasteiger partial charge < -0.3 is 15.2 Å². The average Bonchev–Trinajstić information content (AvgIpc) is 3.03. The first-order valence-corrected chi connectivity index (χ1v) is 9.11. The van der Waals surface area contributed by atoms with Gasteiger partial charge in [0.25, 0.3) is 0 Å². The highest BCUT2D eigenvalue weighted by atomic mass is 16.5. The lowest BCUT2D eigenvalue weighted by Crippen LogP contribution is -2.19. The molecule has 4 aromatic rings. The molecule has 0 bridgehead atoms. The minimum Gasteiger partial charge on any atom is -0.356 e. The standard InChI is InChI=1S/C23H21N3O2/c1-14-11-15(2)13-19(12-14)25-23(27)24-18-9-7-17(8-10-18)20-5-4-6-21-22(20)16(3)26-28-21/h4-13H,1-3H3,(H2,24,25,27). The van der Waals surface area contributed by atoms with Crippen molar-refractivity contribution in [2.24, 2.45) is 0 Å². The summed E-state index contributed by atoms with van der Waals surface area (Å²) in [5, 5.41) is 10.8. The molecule has 1 aromatic heterocycles. The summed E-state index contributed by atoms with van der Waals surface area (Å²) in [5.41, 5.74) is 7.45. The minimum atomic E-state index is -0.269. The molecule has 1 heterocycles. The van der Waals surface area contributed by atoms with Crippen molar-refractivity contribution in [3.05, 3.63) is 77.5 Å². The Balaban J connectivity index is 1.51. The van der Waals surface area contributed by atoms with Gasteiger partial charge in [-0.25, -0.2) is 4.79 Å². The van der Waals surface area contributed by atoms with E-state index in [-0.39, 0.29) is 6.03 Å². The Morgan fingerprint density at radius 1 is 0.857 bits per heavy atom. The van der Waals surface area contributed by atoms with Crippen LogP contribution in [0.15, 0.2) is 65.2 Å². The van der Waals surface area contributed by atoms with E-state index >= 15 is 0 Å². The molecule has 5 nitrogen and oxygen atoms in total. The number of carbonyl (C=O) groups is 1. The normalized spacial score (nSPS) is 10.8. The van der Waals surface area contributed by atoms with Crippen molar-refractivity contribution in [3.8, 4) is 11.1 Å². The predicted octanol–water partition coefficient (Wildman–Crippen LogP) is 6.06. The van der Waals surface area contributed by atoms with Gasteiger partial charge in [0.2, 0.25) is 0 Å². The Bertz CT molecular complexity index is 1140. The van der Waals surface area contributed by atoms with Gasteiger partial charge in [0.1, 0.15) is 0 Å². The van der Waals surface area contributed by atoms with Crippen molar-refractivity contribution in [1.29, 1.82) is 0 Å². The monoisotopic (exact) mass is 371 g/mol. The molecule has 140 valence electrons. The summed E-state index contributed by atoms with van der Waals surface area (Å²) in [5.74, 6) is 0. The summed E-state index contributed by atoms with van der Waals surface area (Å²) in [6, 6.07) is 19.3. The van der Waals surface area contributed by atoms with Crippen LogP contribution in [0, 0.1) is 20.8 Å². The zero-order valence-electron chi connectivity index (χ0n) is 16.0. The van der Waals surface area contributed by atoms with Crippen LogP contribution in [0.4, 0.5) is 16.2 Å². The number of nitrogens with zero attached hydrogens (tertiary/aromatic N) is 1. The van der Waals surface area contributed by atoms with Crippen LogP contribution in [0.3, 0.4) is 0 Å². The molecule has 4 rings (SSSR count). The van der Waals surface area contributed by atoms with Crippen molar-refractivity contribution in [1.82, 2.24) is 5.16 Å².